The molecule has 1 amide bonds. The number of nitrogens with zero attached hydrogens (tertiary/aromatic N) is 1. The Morgan fingerprint density at radius 1 is 1.53 bits per heavy atom. The van der Waals surface area contributed by atoms with Gasteiger partial charge in [0.15, 0.2) is 0 Å². The van der Waals surface area contributed by atoms with Gasteiger partial charge in [-0.25, -0.2) is 4.39 Å². The normalized spacial score (nSPS) is 10.4. The molecule has 0 spiro atoms. The minimum Gasteiger partial charge on any atom is -0.352 e. The first-order chi connectivity index (χ1) is 7.91. The lowest BCUT2D eigenvalue weighted by molar-refractivity contribution is -0.385. The molecule has 1 aromatic carbocycles. The van der Waals surface area contributed by atoms with Crippen LogP contribution in [-0.2, 0) is 0 Å². The van der Waals surface area contributed by atoms with Crippen LogP contribution in [-0.4, -0.2) is 17.4 Å². The molecule has 92 valence electrons. The highest BCUT2D eigenvalue weighted by Gasteiger charge is 2.20. The third kappa shape index (κ3) is 3.51. The van der Waals surface area contributed by atoms with Crippen LogP contribution in [0.1, 0.15) is 24.2 Å². The first-order valence-corrected chi connectivity index (χ1v) is 5.14. The van der Waals surface area contributed by atoms with Gasteiger partial charge in [0.2, 0.25) is 0 Å². The maximum atomic E-state index is 12.8. The number of hydrogen-bond acceptors (Lipinski definition) is 3. The number of nitro benzene ring substituents is 1. The Balaban J connectivity index is 2.96. The zero-order chi connectivity index (χ0) is 13.0. The number of benzene rings is 1. The Kier molecular flexibility index (Phi) is 4.14. The summed E-state index contributed by atoms with van der Waals surface area (Å²) in [5.41, 5.74) is -0.650. The van der Waals surface area contributed by atoms with Crippen molar-refractivity contribution in [2.45, 2.75) is 13.8 Å². The highest BCUT2D eigenvalue weighted by molar-refractivity contribution is 5.98. The van der Waals surface area contributed by atoms with Crippen molar-refractivity contribution in [1.29, 1.82) is 0 Å². The summed E-state index contributed by atoms with van der Waals surface area (Å²) < 4.78 is 12.8. The van der Waals surface area contributed by atoms with Gasteiger partial charge in [-0.3, -0.25) is 14.9 Å². The quantitative estimate of drug-likeness (QED) is 0.647. The largest absolute Gasteiger partial charge is 0.352 e. The van der Waals surface area contributed by atoms with Crippen LogP contribution in [0, 0.1) is 21.8 Å². The molecule has 0 saturated heterocycles. The van der Waals surface area contributed by atoms with Crippen molar-refractivity contribution in [3.63, 3.8) is 0 Å². The molecule has 0 radical (unpaired) electrons. The second-order valence-electron chi connectivity index (χ2n) is 4.02. The van der Waals surface area contributed by atoms with Gasteiger partial charge in [0.05, 0.1) is 11.0 Å². The van der Waals surface area contributed by atoms with Crippen molar-refractivity contribution in [2.24, 2.45) is 5.92 Å². The predicted octanol–water partition coefficient (Wildman–Crippen LogP) is 2.12. The van der Waals surface area contributed by atoms with Crippen LogP contribution < -0.4 is 5.32 Å². The Labute approximate surface area is 97.8 Å². The highest BCUT2D eigenvalue weighted by Crippen LogP contribution is 2.19. The van der Waals surface area contributed by atoms with Crippen molar-refractivity contribution < 1.29 is 14.1 Å². The van der Waals surface area contributed by atoms with Crippen molar-refractivity contribution in [3.05, 3.63) is 39.7 Å². The van der Waals surface area contributed by atoms with Crippen LogP contribution in [0.2, 0.25) is 0 Å². The molecule has 0 aromatic heterocycles. The maximum absolute atomic E-state index is 12.8. The van der Waals surface area contributed by atoms with E-state index in [1.165, 1.54) is 0 Å². The minimum absolute atomic E-state index is 0.128. The Morgan fingerprint density at radius 3 is 2.71 bits per heavy atom. The fraction of sp³-hybridized carbons (Fsp3) is 0.364. The van der Waals surface area contributed by atoms with E-state index in [2.05, 4.69) is 5.32 Å². The lowest BCUT2D eigenvalue weighted by Gasteiger charge is -2.07. The van der Waals surface area contributed by atoms with Gasteiger partial charge in [0.1, 0.15) is 11.4 Å². The molecule has 6 heteroatoms. The third-order valence-electron chi connectivity index (χ3n) is 2.07. The standard InChI is InChI=1S/C11H13FN2O3/c1-7(2)6-13-11(15)9-4-3-8(12)5-10(9)14(16)17/h3-5,7H,6H2,1-2H3,(H,13,15). The van der Waals surface area contributed by atoms with Crippen LogP contribution in [0.5, 0.6) is 0 Å². The fourth-order valence-corrected chi connectivity index (χ4v) is 1.24. The van der Waals surface area contributed by atoms with E-state index in [1.807, 2.05) is 13.8 Å². The van der Waals surface area contributed by atoms with Crippen molar-refractivity contribution in [3.8, 4) is 0 Å². The number of hydrogen-bond donors (Lipinski definition) is 1. The van der Waals surface area contributed by atoms with E-state index in [1.54, 1.807) is 0 Å². The summed E-state index contributed by atoms with van der Waals surface area (Å²) in [5, 5.41) is 13.2. The first-order valence-electron chi connectivity index (χ1n) is 5.14. The van der Waals surface area contributed by atoms with Gasteiger partial charge in [0.25, 0.3) is 11.6 Å². The van der Waals surface area contributed by atoms with Crippen molar-refractivity contribution in [1.82, 2.24) is 5.32 Å². The van der Waals surface area contributed by atoms with Crippen molar-refractivity contribution >= 4 is 11.6 Å². The summed E-state index contributed by atoms with van der Waals surface area (Å²) in [6, 6.07) is 2.88. The van der Waals surface area contributed by atoms with E-state index in [9.17, 15) is 19.3 Å². The smallest absolute Gasteiger partial charge is 0.285 e. The minimum atomic E-state index is -0.770. The van der Waals surface area contributed by atoms with E-state index >= 15 is 0 Å². The number of halogens is 1. The summed E-state index contributed by atoms with van der Waals surface area (Å²) in [5.74, 6) is -1.07. The van der Waals surface area contributed by atoms with E-state index in [0.29, 0.717) is 6.54 Å². The molecule has 0 fully saturated rings. The summed E-state index contributed by atoms with van der Waals surface area (Å²) >= 11 is 0. The first kappa shape index (κ1) is 13.1. The molecule has 0 atom stereocenters. The molecule has 0 bridgehead atoms. The lowest BCUT2D eigenvalue weighted by Crippen LogP contribution is -2.27. The monoisotopic (exact) mass is 240 g/mol. The molecular formula is C11H13FN2O3. The van der Waals surface area contributed by atoms with Crippen molar-refractivity contribution in [2.75, 3.05) is 6.54 Å². The predicted molar refractivity (Wildman–Crippen MR) is 60.2 cm³/mol. The molecule has 1 rings (SSSR count). The number of amides is 1. The molecule has 0 saturated carbocycles. The fourth-order valence-electron chi connectivity index (χ4n) is 1.24. The molecular weight excluding hydrogens is 227 g/mol. The molecule has 1 N–H and O–H groups in total. The molecule has 0 aliphatic heterocycles. The number of nitro groups is 1. The van der Waals surface area contributed by atoms with Gasteiger partial charge >= 0.3 is 0 Å². The second kappa shape index (κ2) is 5.38. The average Bonchev–Trinajstić information content (AvgIpc) is 2.25. The average molecular weight is 240 g/mol. The summed E-state index contributed by atoms with van der Waals surface area (Å²) in [7, 11) is 0. The molecule has 0 aliphatic rings. The molecule has 0 aliphatic carbocycles. The van der Waals surface area contributed by atoms with Crippen LogP contribution in [0.25, 0.3) is 0 Å². The third-order valence-corrected chi connectivity index (χ3v) is 2.07. The highest BCUT2D eigenvalue weighted by atomic mass is 19.1. The summed E-state index contributed by atoms with van der Waals surface area (Å²) in [6.45, 7) is 4.21. The van der Waals surface area contributed by atoms with Crippen LogP contribution in [0.3, 0.4) is 0 Å². The second-order valence-corrected chi connectivity index (χ2v) is 4.02. The Hall–Kier alpha value is -1.98. The lowest BCUT2D eigenvalue weighted by atomic mass is 10.1. The number of carbonyl (C=O) groups is 1. The van der Waals surface area contributed by atoms with E-state index in [0.717, 1.165) is 18.2 Å². The van der Waals surface area contributed by atoms with Gasteiger partial charge in [-0.05, 0) is 18.1 Å². The topological polar surface area (TPSA) is 72.2 Å². The summed E-state index contributed by atoms with van der Waals surface area (Å²) in [4.78, 5) is 21.6. The van der Waals surface area contributed by atoms with Gasteiger partial charge in [-0.1, -0.05) is 13.8 Å². The Bertz CT molecular complexity index is 446. The molecule has 0 unspecified atom stereocenters. The molecule has 5 nitrogen and oxygen atoms in total. The number of carbonyl (C=O) groups excluding carboxylic acids is 1. The van der Waals surface area contributed by atoms with E-state index in [-0.39, 0.29) is 11.5 Å². The zero-order valence-electron chi connectivity index (χ0n) is 9.57. The SMILES string of the molecule is CC(C)CNC(=O)c1ccc(F)cc1[N+](=O)[O-]. The molecule has 1 aromatic rings. The van der Waals surface area contributed by atoms with Crippen LogP contribution >= 0.6 is 0 Å². The van der Waals surface area contributed by atoms with Crippen LogP contribution in [0.4, 0.5) is 10.1 Å². The van der Waals surface area contributed by atoms with Gasteiger partial charge in [0, 0.05) is 6.54 Å². The summed E-state index contributed by atoms with van der Waals surface area (Å²) in [6.07, 6.45) is 0. The number of rotatable bonds is 4. The van der Waals surface area contributed by atoms with Gasteiger partial charge < -0.3 is 5.32 Å². The molecule has 0 heterocycles. The zero-order valence-corrected chi connectivity index (χ0v) is 9.57. The maximum Gasteiger partial charge on any atom is 0.285 e. The molecule has 17 heavy (non-hydrogen) atoms. The van der Waals surface area contributed by atoms with E-state index in [4.69, 9.17) is 0 Å². The van der Waals surface area contributed by atoms with Crippen LogP contribution in [0.15, 0.2) is 18.2 Å². The van der Waals surface area contributed by atoms with E-state index < -0.39 is 22.3 Å². The van der Waals surface area contributed by atoms with Gasteiger partial charge in [-0.2, -0.15) is 0 Å². The Morgan fingerprint density at radius 2 is 2.18 bits per heavy atom. The number of nitrogens with one attached hydrogen (secondary N) is 1. The van der Waals surface area contributed by atoms with Gasteiger partial charge in [-0.15, -0.1) is 0 Å².